The maximum Gasteiger partial charge on any atom is 0.0954 e. The third-order valence-corrected chi connectivity index (χ3v) is 4.83. The number of nitrogens with zero attached hydrogens (tertiary/aromatic N) is 2. The Kier molecular flexibility index (Phi) is 2.97. The van der Waals surface area contributed by atoms with E-state index in [0.29, 0.717) is 17.5 Å². The van der Waals surface area contributed by atoms with Crippen LogP contribution in [-0.4, -0.2) is 15.6 Å². The van der Waals surface area contributed by atoms with Crippen LogP contribution in [0.2, 0.25) is 0 Å². The van der Waals surface area contributed by atoms with E-state index in [4.69, 9.17) is 5.73 Å². The molecule has 3 nitrogen and oxygen atoms in total. The fourth-order valence-electron chi connectivity index (χ4n) is 3.65. The summed E-state index contributed by atoms with van der Waals surface area (Å²) in [5.74, 6) is 0. The Morgan fingerprint density at radius 3 is 2.94 bits per heavy atom. The van der Waals surface area contributed by atoms with Crippen molar-refractivity contribution in [1.29, 1.82) is 0 Å². The molecule has 0 aromatic carbocycles. The van der Waals surface area contributed by atoms with Crippen molar-refractivity contribution in [3.05, 3.63) is 17.7 Å². The summed E-state index contributed by atoms with van der Waals surface area (Å²) in [6.45, 7) is 4.74. The summed E-state index contributed by atoms with van der Waals surface area (Å²) >= 11 is 0. The standard InChI is InChI=1S/C15H25N3/c1-15(2)8-7-11(16)14(9-15)18-10-17-12-5-3-4-6-13(12)18/h10-11,14H,3-9,16H2,1-2H3. The van der Waals surface area contributed by atoms with Crippen molar-refractivity contribution in [3.63, 3.8) is 0 Å². The van der Waals surface area contributed by atoms with E-state index in [0.717, 1.165) is 12.8 Å². The van der Waals surface area contributed by atoms with Crippen LogP contribution in [0.15, 0.2) is 6.33 Å². The lowest BCUT2D eigenvalue weighted by atomic mass is 9.73. The Labute approximate surface area is 110 Å². The van der Waals surface area contributed by atoms with E-state index >= 15 is 0 Å². The van der Waals surface area contributed by atoms with E-state index in [1.807, 2.05) is 0 Å². The highest BCUT2D eigenvalue weighted by Gasteiger charge is 2.35. The molecular weight excluding hydrogens is 222 g/mol. The van der Waals surface area contributed by atoms with Gasteiger partial charge in [-0.2, -0.15) is 0 Å². The van der Waals surface area contributed by atoms with Crippen LogP contribution in [0.3, 0.4) is 0 Å². The minimum absolute atomic E-state index is 0.304. The molecule has 0 aliphatic heterocycles. The summed E-state index contributed by atoms with van der Waals surface area (Å²) in [7, 11) is 0. The molecule has 2 unspecified atom stereocenters. The quantitative estimate of drug-likeness (QED) is 0.829. The minimum atomic E-state index is 0.304. The third-order valence-electron chi connectivity index (χ3n) is 4.83. The molecule has 100 valence electrons. The maximum absolute atomic E-state index is 6.38. The molecule has 1 heterocycles. The molecule has 0 spiro atoms. The predicted octanol–water partition coefficient (Wildman–Crippen LogP) is 2.84. The maximum atomic E-state index is 6.38. The lowest BCUT2D eigenvalue weighted by Crippen LogP contribution is -2.41. The topological polar surface area (TPSA) is 43.8 Å². The summed E-state index contributed by atoms with van der Waals surface area (Å²) in [5, 5.41) is 0. The number of hydrogen-bond donors (Lipinski definition) is 1. The zero-order chi connectivity index (χ0) is 12.8. The second-order valence-electron chi connectivity index (χ2n) is 6.89. The van der Waals surface area contributed by atoms with Crippen LogP contribution in [0.25, 0.3) is 0 Å². The Morgan fingerprint density at radius 1 is 1.33 bits per heavy atom. The van der Waals surface area contributed by atoms with Crippen LogP contribution in [0.1, 0.15) is 63.4 Å². The van der Waals surface area contributed by atoms with Gasteiger partial charge in [-0.15, -0.1) is 0 Å². The van der Waals surface area contributed by atoms with Crippen LogP contribution < -0.4 is 5.73 Å². The largest absolute Gasteiger partial charge is 0.330 e. The summed E-state index contributed by atoms with van der Waals surface area (Å²) in [6.07, 6.45) is 10.6. The Bertz CT molecular complexity index is 433. The molecule has 1 saturated carbocycles. The zero-order valence-corrected chi connectivity index (χ0v) is 11.7. The van der Waals surface area contributed by atoms with Crippen LogP contribution in [-0.2, 0) is 12.8 Å². The summed E-state index contributed by atoms with van der Waals surface area (Å²) in [5.41, 5.74) is 9.60. The summed E-state index contributed by atoms with van der Waals surface area (Å²) in [6, 6.07) is 0.765. The van der Waals surface area contributed by atoms with Crippen molar-refractivity contribution in [2.45, 2.75) is 70.9 Å². The Morgan fingerprint density at radius 2 is 2.11 bits per heavy atom. The highest BCUT2D eigenvalue weighted by atomic mass is 15.1. The molecule has 2 aliphatic carbocycles. The molecule has 3 rings (SSSR count). The normalized spacial score (nSPS) is 31.1. The van der Waals surface area contributed by atoms with E-state index in [1.165, 1.54) is 43.5 Å². The smallest absolute Gasteiger partial charge is 0.0954 e. The predicted molar refractivity (Wildman–Crippen MR) is 73.5 cm³/mol. The van der Waals surface area contributed by atoms with Gasteiger partial charge >= 0.3 is 0 Å². The fraction of sp³-hybridized carbons (Fsp3) is 0.800. The van der Waals surface area contributed by atoms with Crippen molar-refractivity contribution in [2.75, 3.05) is 0 Å². The molecule has 1 aromatic heterocycles. The molecule has 0 radical (unpaired) electrons. The second kappa shape index (κ2) is 4.37. The molecule has 1 aromatic rings. The first-order valence-electron chi connectivity index (χ1n) is 7.37. The molecule has 0 saturated heterocycles. The van der Waals surface area contributed by atoms with Crippen LogP contribution >= 0.6 is 0 Å². The first-order valence-corrected chi connectivity index (χ1v) is 7.37. The van der Waals surface area contributed by atoms with Gasteiger partial charge in [0.2, 0.25) is 0 Å². The molecule has 18 heavy (non-hydrogen) atoms. The van der Waals surface area contributed by atoms with Gasteiger partial charge in [0, 0.05) is 11.7 Å². The van der Waals surface area contributed by atoms with Crippen molar-refractivity contribution in [3.8, 4) is 0 Å². The monoisotopic (exact) mass is 247 g/mol. The number of aromatic nitrogens is 2. The SMILES string of the molecule is CC1(C)CCC(N)C(n2cnc3c2CCCC3)C1. The van der Waals surface area contributed by atoms with Gasteiger partial charge in [0.25, 0.3) is 0 Å². The molecule has 0 amide bonds. The van der Waals surface area contributed by atoms with Crippen molar-refractivity contribution >= 4 is 0 Å². The molecular formula is C15H25N3. The average molecular weight is 247 g/mol. The van der Waals surface area contributed by atoms with Gasteiger partial charge < -0.3 is 10.3 Å². The van der Waals surface area contributed by atoms with E-state index in [2.05, 4.69) is 29.7 Å². The highest BCUT2D eigenvalue weighted by Crippen LogP contribution is 2.41. The molecule has 1 fully saturated rings. The van der Waals surface area contributed by atoms with Crippen molar-refractivity contribution in [1.82, 2.24) is 9.55 Å². The van der Waals surface area contributed by atoms with E-state index in [1.54, 1.807) is 0 Å². The second-order valence-corrected chi connectivity index (χ2v) is 6.89. The highest BCUT2D eigenvalue weighted by molar-refractivity contribution is 5.18. The third kappa shape index (κ3) is 2.09. The summed E-state index contributed by atoms with van der Waals surface area (Å²) < 4.78 is 2.42. The lowest BCUT2D eigenvalue weighted by Gasteiger charge is -2.40. The van der Waals surface area contributed by atoms with E-state index in [-0.39, 0.29) is 0 Å². The van der Waals surface area contributed by atoms with Crippen LogP contribution in [0, 0.1) is 5.41 Å². The van der Waals surface area contributed by atoms with E-state index < -0.39 is 0 Å². The van der Waals surface area contributed by atoms with Crippen LogP contribution in [0.4, 0.5) is 0 Å². The van der Waals surface area contributed by atoms with Gasteiger partial charge in [-0.3, -0.25) is 0 Å². The number of nitrogens with two attached hydrogens (primary N) is 1. The molecule has 3 heteroatoms. The van der Waals surface area contributed by atoms with Gasteiger partial charge in [0.15, 0.2) is 0 Å². The first kappa shape index (κ1) is 12.2. The molecule has 2 aliphatic rings. The zero-order valence-electron chi connectivity index (χ0n) is 11.7. The summed E-state index contributed by atoms with van der Waals surface area (Å²) in [4.78, 5) is 4.62. The van der Waals surface area contributed by atoms with Gasteiger partial charge in [-0.05, 0) is 50.4 Å². The average Bonchev–Trinajstić information content (AvgIpc) is 2.76. The van der Waals surface area contributed by atoms with Gasteiger partial charge in [0.05, 0.1) is 18.1 Å². The molecule has 2 N–H and O–H groups in total. The Hall–Kier alpha value is -0.830. The Balaban J connectivity index is 1.91. The van der Waals surface area contributed by atoms with Crippen molar-refractivity contribution in [2.24, 2.45) is 11.1 Å². The van der Waals surface area contributed by atoms with Gasteiger partial charge in [-0.1, -0.05) is 13.8 Å². The van der Waals surface area contributed by atoms with Crippen LogP contribution in [0.5, 0.6) is 0 Å². The fourth-order valence-corrected chi connectivity index (χ4v) is 3.65. The number of aryl methyl sites for hydroxylation is 1. The number of fused-ring (bicyclic) bond motifs is 1. The number of rotatable bonds is 1. The van der Waals surface area contributed by atoms with E-state index in [9.17, 15) is 0 Å². The molecule has 2 atom stereocenters. The first-order chi connectivity index (χ1) is 8.57. The number of imidazole rings is 1. The number of hydrogen-bond acceptors (Lipinski definition) is 2. The molecule has 0 bridgehead atoms. The lowest BCUT2D eigenvalue weighted by molar-refractivity contribution is 0.159. The van der Waals surface area contributed by atoms with Crippen molar-refractivity contribution < 1.29 is 0 Å². The van der Waals surface area contributed by atoms with Gasteiger partial charge in [-0.25, -0.2) is 4.98 Å². The van der Waals surface area contributed by atoms with Gasteiger partial charge in [0.1, 0.15) is 0 Å². The minimum Gasteiger partial charge on any atom is -0.330 e.